The molecule has 1 aromatic carbocycles. The number of carbonyl (C=O) groups is 1. The van der Waals surface area contributed by atoms with Gasteiger partial charge in [-0.3, -0.25) is 14.9 Å². The molecule has 2 atom stereocenters. The maximum atomic E-state index is 12.7. The van der Waals surface area contributed by atoms with Gasteiger partial charge in [0.15, 0.2) is 12.4 Å². The number of nitro benzene ring substituents is 1. The van der Waals surface area contributed by atoms with E-state index in [0.29, 0.717) is 12.8 Å². The highest BCUT2D eigenvalue weighted by atomic mass is 19.4. The lowest BCUT2D eigenvalue weighted by Gasteiger charge is -2.30. The molecule has 24 heavy (non-hydrogen) atoms. The molecule has 1 amide bonds. The first kappa shape index (κ1) is 18.0. The van der Waals surface area contributed by atoms with Crippen LogP contribution in [0.15, 0.2) is 24.3 Å². The molecule has 0 spiro atoms. The molecule has 1 aliphatic rings. The number of amides is 1. The Morgan fingerprint density at radius 1 is 1.33 bits per heavy atom. The van der Waals surface area contributed by atoms with Crippen molar-refractivity contribution in [1.29, 1.82) is 0 Å². The number of ether oxygens (including phenoxy) is 1. The number of carbonyl (C=O) groups excluding carboxylic acids is 1. The van der Waals surface area contributed by atoms with Gasteiger partial charge < -0.3 is 10.1 Å². The van der Waals surface area contributed by atoms with Gasteiger partial charge in [-0.2, -0.15) is 13.2 Å². The fraction of sp³-hybridized carbons (Fsp3) is 0.533. The van der Waals surface area contributed by atoms with Gasteiger partial charge in [-0.25, -0.2) is 0 Å². The Balaban J connectivity index is 1.87. The number of rotatable bonds is 5. The van der Waals surface area contributed by atoms with Gasteiger partial charge in [0.05, 0.1) is 10.8 Å². The van der Waals surface area contributed by atoms with Crippen LogP contribution in [-0.4, -0.2) is 29.7 Å². The minimum atomic E-state index is -4.26. The Labute approximate surface area is 136 Å². The lowest BCUT2D eigenvalue weighted by molar-refractivity contribution is -0.385. The molecule has 0 bridgehead atoms. The third-order valence-corrected chi connectivity index (χ3v) is 3.92. The summed E-state index contributed by atoms with van der Waals surface area (Å²) in [7, 11) is 0. The fourth-order valence-electron chi connectivity index (χ4n) is 2.76. The van der Waals surface area contributed by atoms with Crippen molar-refractivity contribution in [2.24, 2.45) is 5.92 Å². The molecule has 1 saturated carbocycles. The van der Waals surface area contributed by atoms with Gasteiger partial charge in [-0.15, -0.1) is 0 Å². The number of benzene rings is 1. The number of nitrogens with one attached hydrogen (secondary N) is 1. The van der Waals surface area contributed by atoms with Crippen molar-refractivity contribution in [2.45, 2.75) is 37.9 Å². The van der Waals surface area contributed by atoms with Crippen LogP contribution in [0.4, 0.5) is 18.9 Å². The number of para-hydroxylation sites is 2. The molecule has 0 aromatic heterocycles. The lowest BCUT2D eigenvalue weighted by Crippen LogP contribution is -2.43. The van der Waals surface area contributed by atoms with E-state index in [-0.39, 0.29) is 24.3 Å². The molecule has 2 rings (SSSR count). The van der Waals surface area contributed by atoms with Crippen molar-refractivity contribution in [2.75, 3.05) is 6.61 Å². The molecule has 2 unspecified atom stereocenters. The number of halogens is 3. The topological polar surface area (TPSA) is 81.5 Å². The maximum Gasteiger partial charge on any atom is 0.391 e. The summed E-state index contributed by atoms with van der Waals surface area (Å²) in [5.74, 6) is -2.07. The van der Waals surface area contributed by atoms with E-state index in [1.165, 1.54) is 24.3 Å². The van der Waals surface area contributed by atoms with Crippen LogP contribution in [0.2, 0.25) is 0 Å². The zero-order chi connectivity index (χ0) is 17.7. The van der Waals surface area contributed by atoms with Gasteiger partial charge in [0.25, 0.3) is 5.91 Å². The number of alkyl halides is 3. The molecule has 6 nitrogen and oxygen atoms in total. The highest BCUT2D eigenvalue weighted by molar-refractivity contribution is 5.78. The Bertz CT molecular complexity index is 607. The first-order valence-corrected chi connectivity index (χ1v) is 7.49. The largest absolute Gasteiger partial charge is 0.477 e. The highest BCUT2D eigenvalue weighted by Gasteiger charge is 2.42. The molecule has 1 aliphatic carbocycles. The third kappa shape index (κ3) is 4.84. The molecule has 0 heterocycles. The Morgan fingerprint density at radius 3 is 2.71 bits per heavy atom. The third-order valence-electron chi connectivity index (χ3n) is 3.92. The van der Waals surface area contributed by atoms with Crippen molar-refractivity contribution in [3.8, 4) is 5.75 Å². The maximum absolute atomic E-state index is 12.7. The summed E-state index contributed by atoms with van der Waals surface area (Å²) in [6, 6.07) is 5.01. The molecule has 0 aliphatic heterocycles. The van der Waals surface area contributed by atoms with Crippen LogP contribution >= 0.6 is 0 Å². The van der Waals surface area contributed by atoms with Crippen molar-refractivity contribution in [3.63, 3.8) is 0 Å². The lowest BCUT2D eigenvalue weighted by atomic mass is 9.85. The number of nitro groups is 1. The molecule has 1 fully saturated rings. The standard InChI is InChI=1S/C15H17F3N2O4/c16-15(17,18)10-4-3-5-11(8-10)19-14(21)9-24-13-7-2-1-6-12(13)20(22)23/h1-2,6-7,10-11H,3-5,8-9H2,(H,19,21). The molecule has 1 N–H and O–H groups in total. The number of nitrogens with zero attached hydrogens (tertiary/aromatic N) is 1. The zero-order valence-electron chi connectivity index (χ0n) is 12.7. The van der Waals surface area contributed by atoms with E-state index in [4.69, 9.17) is 4.74 Å². The minimum Gasteiger partial charge on any atom is -0.477 e. The summed E-state index contributed by atoms with van der Waals surface area (Å²) in [5, 5.41) is 13.3. The van der Waals surface area contributed by atoms with Crippen molar-refractivity contribution in [1.82, 2.24) is 5.32 Å². The van der Waals surface area contributed by atoms with Gasteiger partial charge >= 0.3 is 11.9 Å². The van der Waals surface area contributed by atoms with E-state index in [1.54, 1.807) is 0 Å². The summed E-state index contributed by atoms with van der Waals surface area (Å²) >= 11 is 0. The SMILES string of the molecule is O=C(COc1ccccc1[N+](=O)[O-])NC1CCCC(C(F)(F)F)C1. The van der Waals surface area contributed by atoms with E-state index in [0.717, 1.165) is 0 Å². The summed E-state index contributed by atoms with van der Waals surface area (Å²) < 4.78 is 43.3. The van der Waals surface area contributed by atoms with E-state index in [2.05, 4.69) is 5.32 Å². The molecule has 9 heteroatoms. The Hall–Kier alpha value is -2.32. The zero-order valence-corrected chi connectivity index (χ0v) is 12.7. The second-order valence-electron chi connectivity index (χ2n) is 5.68. The van der Waals surface area contributed by atoms with Gasteiger partial charge in [0.1, 0.15) is 0 Å². The van der Waals surface area contributed by atoms with E-state index in [9.17, 15) is 28.1 Å². The van der Waals surface area contributed by atoms with Crippen molar-refractivity contribution in [3.05, 3.63) is 34.4 Å². The summed E-state index contributed by atoms with van der Waals surface area (Å²) in [5.41, 5.74) is -0.278. The first-order chi connectivity index (χ1) is 11.3. The van der Waals surface area contributed by atoms with Crippen LogP contribution < -0.4 is 10.1 Å². The van der Waals surface area contributed by atoms with Crippen LogP contribution in [0.5, 0.6) is 5.75 Å². The molecular formula is C15H17F3N2O4. The van der Waals surface area contributed by atoms with E-state index >= 15 is 0 Å². The van der Waals surface area contributed by atoms with E-state index < -0.39 is 35.6 Å². The Kier molecular flexibility index (Phi) is 5.63. The van der Waals surface area contributed by atoms with E-state index in [1.807, 2.05) is 0 Å². The quantitative estimate of drug-likeness (QED) is 0.656. The first-order valence-electron chi connectivity index (χ1n) is 7.49. The summed E-state index contributed by atoms with van der Waals surface area (Å²) in [4.78, 5) is 22.0. The van der Waals surface area contributed by atoms with Crippen LogP contribution in [0.1, 0.15) is 25.7 Å². The average molecular weight is 346 g/mol. The number of hydrogen-bond acceptors (Lipinski definition) is 4. The monoisotopic (exact) mass is 346 g/mol. The second kappa shape index (κ2) is 7.50. The normalized spacial score (nSPS) is 21.1. The van der Waals surface area contributed by atoms with Gasteiger partial charge in [0.2, 0.25) is 0 Å². The predicted octanol–water partition coefficient (Wildman–Crippen LogP) is 3.21. The summed E-state index contributed by atoms with van der Waals surface area (Å²) in [6.45, 7) is -0.488. The highest BCUT2D eigenvalue weighted by Crippen LogP contribution is 2.37. The second-order valence-corrected chi connectivity index (χ2v) is 5.68. The predicted molar refractivity (Wildman–Crippen MR) is 78.5 cm³/mol. The van der Waals surface area contributed by atoms with Gasteiger partial charge in [0, 0.05) is 12.1 Å². The Morgan fingerprint density at radius 2 is 2.04 bits per heavy atom. The average Bonchev–Trinajstić information content (AvgIpc) is 2.52. The molecule has 0 radical (unpaired) electrons. The molecule has 132 valence electrons. The van der Waals surface area contributed by atoms with Crippen molar-refractivity contribution < 1.29 is 27.6 Å². The molecule has 0 saturated heterocycles. The fourth-order valence-corrected chi connectivity index (χ4v) is 2.76. The minimum absolute atomic E-state index is 0.0607. The van der Waals surface area contributed by atoms with Crippen LogP contribution in [0.3, 0.4) is 0 Å². The van der Waals surface area contributed by atoms with Gasteiger partial charge in [-0.1, -0.05) is 18.6 Å². The van der Waals surface area contributed by atoms with Crippen LogP contribution in [0.25, 0.3) is 0 Å². The van der Waals surface area contributed by atoms with Crippen molar-refractivity contribution >= 4 is 11.6 Å². The molecule has 1 aromatic rings. The smallest absolute Gasteiger partial charge is 0.391 e. The van der Waals surface area contributed by atoms with Gasteiger partial charge in [-0.05, 0) is 25.3 Å². The molecular weight excluding hydrogens is 329 g/mol. The van der Waals surface area contributed by atoms with Crippen LogP contribution in [0, 0.1) is 16.0 Å². The van der Waals surface area contributed by atoms with Crippen LogP contribution in [-0.2, 0) is 4.79 Å². The number of hydrogen-bond donors (Lipinski definition) is 1. The summed E-state index contributed by atoms with van der Waals surface area (Å²) in [6.07, 6.45) is -3.47.